The minimum Gasteiger partial charge on any atom is -0.330 e. The van der Waals surface area contributed by atoms with E-state index in [9.17, 15) is 0 Å². The SMILES string of the molecule is CC(CCCN)c1ncn[nH]1. The van der Waals surface area contributed by atoms with Crippen LogP contribution >= 0.6 is 0 Å². The van der Waals surface area contributed by atoms with E-state index in [-0.39, 0.29) is 0 Å². The van der Waals surface area contributed by atoms with E-state index in [2.05, 4.69) is 22.1 Å². The number of nitrogens with two attached hydrogens (primary N) is 1. The molecule has 1 aromatic rings. The first-order valence-electron chi connectivity index (χ1n) is 3.90. The van der Waals surface area contributed by atoms with Crippen molar-refractivity contribution in [3.8, 4) is 0 Å². The van der Waals surface area contributed by atoms with Gasteiger partial charge in [0.2, 0.25) is 0 Å². The summed E-state index contributed by atoms with van der Waals surface area (Å²) >= 11 is 0. The van der Waals surface area contributed by atoms with Gasteiger partial charge in [-0.2, -0.15) is 5.10 Å². The van der Waals surface area contributed by atoms with Gasteiger partial charge in [-0.05, 0) is 19.4 Å². The maximum atomic E-state index is 5.38. The molecule has 62 valence electrons. The lowest BCUT2D eigenvalue weighted by Crippen LogP contribution is -2.03. The Labute approximate surface area is 66.2 Å². The molecule has 4 nitrogen and oxygen atoms in total. The number of hydrogen-bond acceptors (Lipinski definition) is 3. The van der Waals surface area contributed by atoms with Crippen LogP contribution in [0.3, 0.4) is 0 Å². The molecule has 1 unspecified atom stereocenters. The number of aromatic amines is 1. The molecule has 11 heavy (non-hydrogen) atoms. The summed E-state index contributed by atoms with van der Waals surface area (Å²) in [6, 6.07) is 0. The zero-order valence-electron chi connectivity index (χ0n) is 6.75. The van der Waals surface area contributed by atoms with Gasteiger partial charge in [-0.25, -0.2) is 4.98 Å². The molecule has 0 aliphatic heterocycles. The fraction of sp³-hybridized carbons (Fsp3) is 0.714. The summed E-state index contributed by atoms with van der Waals surface area (Å²) < 4.78 is 0. The van der Waals surface area contributed by atoms with E-state index >= 15 is 0 Å². The first kappa shape index (κ1) is 8.20. The van der Waals surface area contributed by atoms with Gasteiger partial charge in [-0.1, -0.05) is 6.92 Å². The second kappa shape index (κ2) is 4.08. The van der Waals surface area contributed by atoms with Crippen LogP contribution < -0.4 is 5.73 Å². The number of aromatic nitrogens is 3. The monoisotopic (exact) mass is 154 g/mol. The van der Waals surface area contributed by atoms with Crippen molar-refractivity contribution >= 4 is 0 Å². The molecule has 1 rings (SSSR count). The van der Waals surface area contributed by atoms with Crippen molar-refractivity contribution in [2.75, 3.05) is 6.54 Å². The first-order valence-corrected chi connectivity index (χ1v) is 3.90. The Morgan fingerprint density at radius 2 is 2.55 bits per heavy atom. The summed E-state index contributed by atoms with van der Waals surface area (Å²) in [5.41, 5.74) is 5.38. The van der Waals surface area contributed by atoms with Gasteiger partial charge in [0.25, 0.3) is 0 Å². The maximum absolute atomic E-state index is 5.38. The minimum absolute atomic E-state index is 0.445. The average molecular weight is 154 g/mol. The molecule has 0 aliphatic rings. The molecule has 0 bridgehead atoms. The topological polar surface area (TPSA) is 67.6 Å². The summed E-state index contributed by atoms with van der Waals surface area (Å²) in [6.07, 6.45) is 3.65. The number of rotatable bonds is 4. The Morgan fingerprint density at radius 1 is 1.73 bits per heavy atom. The quantitative estimate of drug-likeness (QED) is 0.669. The fourth-order valence-corrected chi connectivity index (χ4v) is 1.01. The first-order chi connectivity index (χ1) is 5.34. The molecule has 0 saturated carbocycles. The highest BCUT2D eigenvalue weighted by molar-refractivity contribution is 4.89. The number of nitrogens with one attached hydrogen (secondary N) is 1. The van der Waals surface area contributed by atoms with Crippen LogP contribution in [0.25, 0.3) is 0 Å². The normalized spacial score (nSPS) is 13.3. The number of nitrogens with zero attached hydrogens (tertiary/aromatic N) is 2. The highest BCUT2D eigenvalue weighted by Crippen LogP contribution is 2.14. The highest BCUT2D eigenvalue weighted by Gasteiger charge is 2.06. The molecule has 0 amide bonds. The molecule has 4 heteroatoms. The van der Waals surface area contributed by atoms with Crippen molar-refractivity contribution in [3.05, 3.63) is 12.2 Å². The molecule has 1 aromatic heterocycles. The van der Waals surface area contributed by atoms with E-state index in [1.165, 1.54) is 6.33 Å². The van der Waals surface area contributed by atoms with Crippen LogP contribution in [0.5, 0.6) is 0 Å². The summed E-state index contributed by atoms with van der Waals surface area (Å²) in [5.74, 6) is 1.40. The minimum atomic E-state index is 0.445. The number of H-pyrrole nitrogens is 1. The second-order valence-electron chi connectivity index (χ2n) is 2.70. The van der Waals surface area contributed by atoms with Crippen LogP contribution in [0.4, 0.5) is 0 Å². The van der Waals surface area contributed by atoms with Crippen molar-refractivity contribution < 1.29 is 0 Å². The Kier molecular flexibility index (Phi) is 3.04. The zero-order chi connectivity index (χ0) is 8.10. The average Bonchev–Trinajstić information content (AvgIpc) is 2.52. The molecular formula is C7H14N4. The van der Waals surface area contributed by atoms with Gasteiger partial charge in [0.15, 0.2) is 0 Å². The smallest absolute Gasteiger partial charge is 0.137 e. The van der Waals surface area contributed by atoms with E-state index in [1.54, 1.807) is 0 Å². The van der Waals surface area contributed by atoms with Gasteiger partial charge < -0.3 is 5.73 Å². The van der Waals surface area contributed by atoms with E-state index in [1.807, 2.05) is 0 Å². The third kappa shape index (κ3) is 2.31. The van der Waals surface area contributed by atoms with E-state index in [4.69, 9.17) is 5.73 Å². The van der Waals surface area contributed by atoms with E-state index < -0.39 is 0 Å². The summed E-state index contributed by atoms with van der Waals surface area (Å²) in [5, 5.41) is 6.63. The van der Waals surface area contributed by atoms with Gasteiger partial charge in [0.05, 0.1) is 0 Å². The van der Waals surface area contributed by atoms with Gasteiger partial charge in [0.1, 0.15) is 12.2 Å². The lowest BCUT2D eigenvalue weighted by atomic mass is 10.1. The van der Waals surface area contributed by atoms with Crippen LogP contribution in [-0.4, -0.2) is 21.7 Å². The summed E-state index contributed by atoms with van der Waals surface area (Å²) in [6.45, 7) is 2.87. The molecule has 0 spiro atoms. The van der Waals surface area contributed by atoms with Crippen LogP contribution in [-0.2, 0) is 0 Å². The Balaban J connectivity index is 2.36. The van der Waals surface area contributed by atoms with Gasteiger partial charge >= 0.3 is 0 Å². The standard InChI is InChI=1S/C7H14N4/c1-6(3-2-4-8)7-9-5-10-11-7/h5-6H,2-4,8H2,1H3,(H,9,10,11). The predicted molar refractivity (Wildman–Crippen MR) is 43.1 cm³/mol. The van der Waals surface area contributed by atoms with Crippen LogP contribution in [0.1, 0.15) is 31.5 Å². The Bertz CT molecular complexity index is 182. The van der Waals surface area contributed by atoms with Crippen LogP contribution in [0, 0.1) is 0 Å². The summed E-state index contributed by atoms with van der Waals surface area (Å²) in [7, 11) is 0. The van der Waals surface area contributed by atoms with Crippen molar-refractivity contribution in [1.82, 2.24) is 15.2 Å². The van der Waals surface area contributed by atoms with Crippen LogP contribution in [0.15, 0.2) is 6.33 Å². The third-order valence-electron chi connectivity index (χ3n) is 1.74. The highest BCUT2D eigenvalue weighted by atomic mass is 15.2. The van der Waals surface area contributed by atoms with Crippen LogP contribution in [0.2, 0.25) is 0 Å². The van der Waals surface area contributed by atoms with Crippen molar-refractivity contribution in [1.29, 1.82) is 0 Å². The number of hydrogen-bond donors (Lipinski definition) is 2. The van der Waals surface area contributed by atoms with Gasteiger partial charge in [0, 0.05) is 5.92 Å². The molecule has 0 saturated heterocycles. The van der Waals surface area contributed by atoms with Crippen molar-refractivity contribution in [3.63, 3.8) is 0 Å². The molecule has 0 radical (unpaired) electrons. The predicted octanol–water partition coefficient (Wildman–Crippen LogP) is 0.647. The summed E-state index contributed by atoms with van der Waals surface area (Å²) in [4.78, 5) is 4.06. The van der Waals surface area contributed by atoms with Gasteiger partial charge in [-0.15, -0.1) is 0 Å². The maximum Gasteiger partial charge on any atom is 0.137 e. The molecule has 0 aliphatic carbocycles. The van der Waals surface area contributed by atoms with E-state index in [0.717, 1.165) is 25.2 Å². The second-order valence-corrected chi connectivity index (χ2v) is 2.70. The van der Waals surface area contributed by atoms with E-state index in [0.29, 0.717) is 5.92 Å². The molecule has 0 aromatic carbocycles. The Morgan fingerprint density at radius 3 is 3.09 bits per heavy atom. The molecule has 1 atom stereocenters. The molecule has 1 heterocycles. The van der Waals surface area contributed by atoms with Crippen molar-refractivity contribution in [2.24, 2.45) is 5.73 Å². The third-order valence-corrected chi connectivity index (χ3v) is 1.74. The molecular weight excluding hydrogens is 140 g/mol. The zero-order valence-corrected chi connectivity index (χ0v) is 6.75. The van der Waals surface area contributed by atoms with Gasteiger partial charge in [-0.3, -0.25) is 5.10 Å². The lowest BCUT2D eigenvalue weighted by molar-refractivity contribution is 0.611. The van der Waals surface area contributed by atoms with Crippen molar-refractivity contribution in [2.45, 2.75) is 25.7 Å². The Hall–Kier alpha value is -0.900. The fourth-order valence-electron chi connectivity index (χ4n) is 1.01. The lowest BCUT2D eigenvalue weighted by Gasteiger charge is -2.04. The molecule has 0 fully saturated rings. The molecule has 3 N–H and O–H groups in total. The largest absolute Gasteiger partial charge is 0.330 e.